The fourth-order valence-corrected chi connectivity index (χ4v) is 1.48. The molecule has 0 saturated heterocycles. The summed E-state index contributed by atoms with van der Waals surface area (Å²) < 4.78 is 10.1. The van der Waals surface area contributed by atoms with E-state index in [1.54, 1.807) is 31.2 Å². The molecule has 0 aromatic heterocycles. The van der Waals surface area contributed by atoms with Gasteiger partial charge in [-0.15, -0.1) is 0 Å². The maximum atomic E-state index is 11.7. The highest BCUT2D eigenvalue weighted by Crippen LogP contribution is 2.11. The number of rotatable bonds is 7. The molecule has 1 N–H and O–H groups in total. The van der Waals surface area contributed by atoms with Crippen LogP contribution in [0.2, 0.25) is 0 Å². The van der Waals surface area contributed by atoms with E-state index in [4.69, 9.17) is 9.47 Å². The lowest BCUT2D eigenvalue weighted by Crippen LogP contribution is -2.26. The third-order valence-electron chi connectivity index (χ3n) is 2.35. The molecule has 0 spiro atoms. The smallest absolute Gasteiger partial charge is 0.307 e. The van der Waals surface area contributed by atoms with Gasteiger partial charge in [0.05, 0.1) is 19.6 Å². The second kappa shape index (κ2) is 8.13. The first-order valence-electron chi connectivity index (χ1n) is 6.34. The molecule has 0 aliphatic rings. The monoisotopic (exact) mass is 265 g/mol. The van der Waals surface area contributed by atoms with E-state index in [0.29, 0.717) is 18.8 Å². The number of benzene rings is 1. The number of hydrogen-bond donors (Lipinski definition) is 1. The molecule has 0 unspecified atom stereocenters. The van der Waals surface area contributed by atoms with E-state index in [1.807, 2.05) is 6.92 Å². The van der Waals surface area contributed by atoms with Crippen LogP contribution in [0.4, 0.5) is 0 Å². The number of nitrogens with one attached hydrogen (secondary N) is 1. The van der Waals surface area contributed by atoms with Crippen molar-refractivity contribution in [3.63, 3.8) is 0 Å². The third-order valence-corrected chi connectivity index (χ3v) is 2.35. The van der Waals surface area contributed by atoms with Crippen molar-refractivity contribution in [2.45, 2.75) is 20.3 Å². The molecule has 19 heavy (non-hydrogen) atoms. The molecular formula is C14H19NO4. The quantitative estimate of drug-likeness (QED) is 0.763. The second-order valence-corrected chi connectivity index (χ2v) is 3.77. The van der Waals surface area contributed by atoms with E-state index in [9.17, 15) is 9.59 Å². The Morgan fingerprint density at radius 3 is 2.37 bits per heavy atom. The first-order valence-corrected chi connectivity index (χ1v) is 6.34. The van der Waals surface area contributed by atoms with Crippen molar-refractivity contribution < 1.29 is 19.1 Å². The van der Waals surface area contributed by atoms with Gasteiger partial charge in [0, 0.05) is 12.1 Å². The lowest BCUT2D eigenvalue weighted by Gasteiger charge is -2.06. The third kappa shape index (κ3) is 5.42. The average molecular weight is 265 g/mol. The minimum absolute atomic E-state index is 0.177. The van der Waals surface area contributed by atoms with Gasteiger partial charge < -0.3 is 14.8 Å². The topological polar surface area (TPSA) is 64.6 Å². The van der Waals surface area contributed by atoms with Crippen molar-refractivity contribution in [2.24, 2.45) is 0 Å². The maximum absolute atomic E-state index is 11.7. The summed E-state index contributed by atoms with van der Waals surface area (Å²) in [5.74, 6) is 0.201. The Labute approximate surface area is 112 Å². The number of ether oxygens (including phenoxy) is 2. The molecule has 0 radical (unpaired) electrons. The van der Waals surface area contributed by atoms with E-state index in [-0.39, 0.29) is 24.8 Å². The van der Waals surface area contributed by atoms with Crippen molar-refractivity contribution in [1.29, 1.82) is 0 Å². The highest BCUT2D eigenvalue weighted by Gasteiger charge is 2.07. The summed E-state index contributed by atoms with van der Waals surface area (Å²) in [4.78, 5) is 22.8. The first kappa shape index (κ1) is 15.0. The Balaban J connectivity index is 2.38. The number of esters is 1. The Hall–Kier alpha value is -2.04. The molecule has 1 rings (SSSR count). The number of amides is 1. The Morgan fingerprint density at radius 2 is 1.79 bits per heavy atom. The van der Waals surface area contributed by atoms with E-state index in [2.05, 4.69) is 5.32 Å². The highest BCUT2D eigenvalue weighted by atomic mass is 16.5. The van der Waals surface area contributed by atoms with Gasteiger partial charge in [-0.05, 0) is 38.1 Å². The molecule has 0 fully saturated rings. The van der Waals surface area contributed by atoms with Gasteiger partial charge in [-0.3, -0.25) is 9.59 Å². The molecular weight excluding hydrogens is 246 g/mol. The van der Waals surface area contributed by atoms with Crippen LogP contribution < -0.4 is 10.1 Å². The Morgan fingerprint density at radius 1 is 1.11 bits per heavy atom. The highest BCUT2D eigenvalue weighted by molar-refractivity contribution is 5.94. The van der Waals surface area contributed by atoms with Gasteiger partial charge in [0.15, 0.2) is 0 Å². The average Bonchev–Trinajstić information content (AvgIpc) is 2.40. The summed E-state index contributed by atoms with van der Waals surface area (Å²) in [7, 11) is 0. The van der Waals surface area contributed by atoms with Crippen LogP contribution in [-0.2, 0) is 9.53 Å². The van der Waals surface area contributed by atoms with Gasteiger partial charge in [-0.1, -0.05) is 0 Å². The number of carbonyl (C=O) groups excluding carboxylic acids is 2. The Kier molecular flexibility index (Phi) is 6.43. The largest absolute Gasteiger partial charge is 0.494 e. The van der Waals surface area contributed by atoms with Crippen molar-refractivity contribution in [2.75, 3.05) is 19.8 Å². The number of hydrogen-bond acceptors (Lipinski definition) is 4. The van der Waals surface area contributed by atoms with Gasteiger partial charge in [-0.2, -0.15) is 0 Å². The second-order valence-electron chi connectivity index (χ2n) is 3.77. The van der Waals surface area contributed by atoms with Crippen LogP contribution >= 0.6 is 0 Å². The minimum Gasteiger partial charge on any atom is -0.494 e. The first-order chi connectivity index (χ1) is 9.17. The van der Waals surface area contributed by atoms with Gasteiger partial charge in [0.2, 0.25) is 0 Å². The summed E-state index contributed by atoms with van der Waals surface area (Å²) in [5, 5.41) is 2.66. The summed E-state index contributed by atoms with van der Waals surface area (Å²) in [6.45, 7) is 4.86. The van der Waals surface area contributed by atoms with Crippen molar-refractivity contribution in [1.82, 2.24) is 5.32 Å². The number of carbonyl (C=O) groups is 2. The Bertz CT molecular complexity index is 414. The van der Waals surface area contributed by atoms with E-state index in [0.717, 1.165) is 5.75 Å². The minimum atomic E-state index is -0.311. The van der Waals surface area contributed by atoms with Crippen LogP contribution in [0, 0.1) is 0 Å². The van der Waals surface area contributed by atoms with Crippen LogP contribution in [0.15, 0.2) is 24.3 Å². The lowest BCUT2D eigenvalue weighted by atomic mass is 10.2. The van der Waals surface area contributed by atoms with Crippen molar-refractivity contribution in [3.8, 4) is 5.75 Å². The molecule has 5 heteroatoms. The zero-order valence-electron chi connectivity index (χ0n) is 11.3. The molecule has 0 aliphatic heterocycles. The molecule has 0 atom stereocenters. The summed E-state index contributed by atoms with van der Waals surface area (Å²) in [6.07, 6.45) is 0.177. The van der Waals surface area contributed by atoms with E-state index in [1.165, 1.54) is 0 Å². The zero-order valence-corrected chi connectivity index (χ0v) is 11.3. The molecule has 1 amide bonds. The lowest BCUT2D eigenvalue weighted by molar-refractivity contribution is -0.142. The molecule has 0 bridgehead atoms. The van der Waals surface area contributed by atoms with Crippen LogP contribution in [-0.4, -0.2) is 31.6 Å². The van der Waals surface area contributed by atoms with Crippen molar-refractivity contribution >= 4 is 11.9 Å². The predicted octanol–water partition coefficient (Wildman–Crippen LogP) is 1.77. The van der Waals surface area contributed by atoms with Crippen LogP contribution in [0.25, 0.3) is 0 Å². The zero-order chi connectivity index (χ0) is 14.1. The van der Waals surface area contributed by atoms with E-state index < -0.39 is 0 Å². The fourth-order valence-electron chi connectivity index (χ4n) is 1.48. The van der Waals surface area contributed by atoms with Gasteiger partial charge in [0.25, 0.3) is 5.91 Å². The molecule has 1 aromatic rings. The van der Waals surface area contributed by atoms with Gasteiger partial charge >= 0.3 is 5.97 Å². The molecule has 0 aliphatic carbocycles. The summed E-state index contributed by atoms with van der Waals surface area (Å²) in [6, 6.07) is 6.85. The van der Waals surface area contributed by atoms with Crippen LogP contribution in [0.3, 0.4) is 0 Å². The SMILES string of the molecule is CCOC(=O)CCNC(=O)c1ccc(OCC)cc1. The van der Waals surface area contributed by atoms with Crippen molar-refractivity contribution in [3.05, 3.63) is 29.8 Å². The summed E-state index contributed by atoms with van der Waals surface area (Å²) >= 11 is 0. The maximum Gasteiger partial charge on any atom is 0.307 e. The van der Waals surface area contributed by atoms with Crippen LogP contribution in [0.5, 0.6) is 5.75 Å². The molecule has 104 valence electrons. The fraction of sp³-hybridized carbons (Fsp3) is 0.429. The normalized spacial score (nSPS) is 9.79. The molecule has 5 nitrogen and oxygen atoms in total. The van der Waals surface area contributed by atoms with Gasteiger partial charge in [-0.25, -0.2) is 0 Å². The standard InChI is InChI=1S/C14H19NO4/c1-3-18-12-7-5-11(6-8-12)14(17)15-10-9-13(16)19-4-2/h5-8H,3-4,9-10H2,1-2H3,(H,15,17). The molecule has 0 heterocycles. The molecule has 1 aromatic carbocycles. The van der Waals surface area contributed by atoms with E-state index >= 15 is 0 Å². The van der Waals surface area contributed by atoms with Crippen LogP contribution in [0.1, 0.15) is 30.6 Å². The summed E-state index contributed by atoms with van der Waals surface area (Å²) in [5.41, 5.74) is 0.535. The predicted molar refractivity (Wildman–Crippen MR) is 71.2 cm³/mol. The molecule has 0 saturated carbocycles. The van der Waals surface area contributed by atoms with Gasteiger partial charge in [0.1, 0.15) is 5.75 Å².